The van der Waals surface area contributed by atoms with Crippen molar-refractivity contribution in [1.29, 1.82) is 0 Å². The number of nitrogens with zero attached hydrogens (tertiary/aromatic N) is 1. The standard InChI is InChI=1S/C22H24N2O2S/c1-4-15(2)23-21(25)14-27-22-13-19(16-8-6-5-7-9-16)18-11-10-17(26-3)12-20(18)24-22/h5-13,15H,4,14H2,1-3H3,(H,23,25)/t15-/m0/s1. The third-order valence-corrected chi connectivity index (χ3v) is 5.36. The van der Waals surface area contributed by atoms with Gasteiger partial charge in [0.1, 0.15) is 5.75 Å². The van der Waals surface area contributed by atoms with E-state index in [1.54, 1.807) is 7.11 Å². The van der Waals surface area contributed by atoms with E-state index in [0.29, 0.717) is 5.75 Å². The number of benzene rings is 2. The molecule has 140 valence electrons. The monoisotopic (exact) mass is 380 g/mol. The molecule has 1 heterocycles. The molecule has 1 aromatic heterocycles. The van der Waals surface area contributed by atoms with Crippen LogP contribution in [0.4, 0.5) is 0 Å². The maximum Gasteiger partial charge on any atom is 0.230 e. The topological polar surface area (TPSA) is 51.2 Å². The number of aromatic nitrogens is 1. The lowest BCUT2D eigenvalue weighted by Crippen LogP contribution is -2.33. The minimum absolute atomic E-state index is 0.0307. The first-order valence-corrected chi connectivity index (χ1v) is 10.1. The number of fused-ring (bicyclic) bond motifs is 1. The van der Waals surface area contributed by atoms with Crippen LogP contribution >= 0.6 is 11.8 Å². The maximum atomic E-state index is 12.1. The predicted octanol–water partition coefficient (Wildman–Crippen LogP) is 4.92. The van der Waals surface area contributed by atoms with Gasteiger partial charge < -0.3 is 10.1 Å². The number of thioether (sulfide) groups is 1. The van der Waals surface area contributed by atoms with Gasteiger partial charge in [-0.3, -0.25) is 4.79 Å². The van der Waals surface area contributed by atoms with Gasteiger partial charge in [-0.2, -0.15) is 0 Å². The minimum Gasteiger partial charge on any atom is -0.497 e. The molecule has 0 spiro atoms. The first-order chi connectivity index (χ1) is 13.1. The zero-order valence-electron chi connectivity index (χ0n) is 15.9. The van der Waals surface area contributed by atoms with Crippen molar-refractivity contribution in [3.05, 3.63) is 54.6 Å². The highest BCUT2D eigenvalue weighted by Gasteiger charge is 2.12. The molecule has 0 fully saturated rings. The second-order valence-electron chi connectivity index (χ2n) is 6.42. The number of nitrogens with one attached hydrogen (secondary N) is 1. The molecule has 0 saturated heterocycles. The molecule has 1 N–H and O–H groups in total. The number of carbonyl (C=O) groups is 1. The van der Waals surface area contributed by atoms with E-state index in [0.717, 1.165) is 39.2 Å². The highest BCUT2D eigenvalue weighted by atomic mass is 32.2. The highest BCUT2D eigenvalue weighted by Crippen LogP contribution is 2.33. The SMILES string of the molecule is CC[C@H](C)NC(=O)CSc1cc(-c2ccccc2)c2ccc(OC)cc2n1. The summed E-state index contributed by atoms with van der Waals surface area (Å²) in [5, 5.41) is 4.89. The second-order valence-corrected chi connectivity index (χ2v) is 7.42. The molecule has 4 nitrogen and oxygen atoms in total. The normalized spacial score (nSPS) is 12.0. The number of ether oxygens (including phenoxy) is 1. The highest BCUT2D eigenvalue weighted by molar-refractivity contribution is 7.99. The summed E-state index contributed by atoms with van der Waals surface area (Å²) >= 11 is 1.45. The van der Waals surface area contributed by atoms with Crippen molar-refractivity contribution < 1.29 is 9.53 Å². The predicted molar refractivity (Wildman–Crippen MR) is 112 cm³/mol. The molecule has 1 amide bonds. The molecule has 0 unspecified atom stereocenters. The molecular formula is C22H24N2O2S. The van der Waals surface area contributed by atoms with Crippen molar-refractivity contribution in [3.8, 4) is 16.9 Å². The largest absolute Gasteiger partial charge is 0.497 e. The van der Waals surface area contributed by atoms with E-state index >= 15 is 0 Å². The molecule has 5 heteroatoms. The van der Waals surface area contributed by atoms with Crippen LogP contribution in [0.15, 0.2) is 59.6 Å². The number of methoxy groups -OCH3 is 1. The average molecular weight is 381 g/mol. The Morgan fingerprint density at radius 2 is 1.96 bits per heavy atom. The summed E-state index contributed by atoms with van der Waals surface area (Å²) < 4.78 is 5.35. The Balaban J connectivity index is 1.94. The fourth-order valence-electron chi connectivity index (χ4n) is 2.80. The average Bonchev–Trinajstić information content (AvgIpc) is 2.71. The third-order valence-electron chi connectivity index (χ3n) is 4.45. The Kier molecular flexibility index (Phi) is 6.35. The van der Waals surface area contributed by atoms with Crippen LogP contribution in [0.2, 0.25) is 0 Å². The van der Waals surface area contributed by atoms with Crippen molar-refractivity contribution in [1.82, 2.24) is 10.3 Å². The second kappa shape index (κ2) is 8.91. The van der Waals surface area contributed by atoms with Gasteiger partial charge in [0.25, 0.3) is 0 Å². The van der Waals surface area contributed by atoms with Gasteiger partial charge in [0.05, 0.1) is 23.4 Å². The van der Waals surface area contributed by atoms with Crippen molar-refractivity contribution in [2.45, 2.75) is 31.3 Å². The lowest BCUT2D eigenvalue weighted by molar-refractivity contribution is -0.119. The van der Waals surface area contributed by atoms with Crippen molar-refractivity contribution in [3.63, 3.8) is 0 Å². The zero-order chi connectivity index (χ0) is 19.2. The fourth-order valence-corrected chi connectivity index (χ4v) is 3.53. The molecule has 0 aliphatic heterocycles. The van der Waals surface area contributed by atoms with Gasteiger partial charge in [-0.25, -0.2) is 4.98 Å². The Labute approximate surface area is 164 Å². The van der Waals surface area contributed by atoms with Crippen LogP contribution in [0, 0.1) is 0 Å². The van der Waals surface area contributed by atoms with Gasteiger partial charge in [0, 0.05) is 17.5 Å². The van der Waals surface area contributed by atoms with Crippen LogP contribution in [0.25, 0.3) is 22.0 Å². The van der Waals surface area contributed by atoms with E-state index < -0.39 is 0 Å². The van der Waals surface area contributed by atoms with Crippen molar-refractivity contribution in [2.75, 3.05) is 12.9 Å². The summed E-state index contributed by atoms with van der Waals surface area (Å²) in [7, 11) is 1.65. The van der Waals surface area contributed by atoms with Crippen LogP contribution in [-0.2, 0) is 4.79 Å². The van der Waals surface area contributed by atoms with Gasteiger partial charge in [-0.15, -0.1) is 0 Å². The Morgan fingerprint density at radius 1 is 1.19 bits per heavy atom. The van der Waals surface area contributed by atoms with E-state index in [2.05, 4.69) is 30.4 Å². The first kappa shape index (κ1) is 19.2. The maximum absolute atomic E-state index is 12.1. The van der Waals surface area contributed by atoms with Gasteiger partial charge in [0.2, 0.25) is 5.91 Å². The minimum atomic E-state index is 0.0307. The van der Waals surface area contributed by atoms with E-state index in [1.807, 2.05) is 43.3 Å². The van der Waals surface area contributed by atoms with Crippen molar-refractivity contribution >= 4 is 28.6 Å². The molecule has 2 aromatic carbocycles. The Hall–Kier alpha value is -2.53. The molecule has 0 aliphatic carbocycles. The van der Waals surface area contributed by atoms with Crippen LogP contribution in [-0.4, -0.2) is 29.8 Å². The van der Waals surface area contributed by atoms with Crippen LogP contribution in [0.5, 0.6) is 5.75 Å². The summed E-state index contributed by atoms with van der Waals surface area (Å²) in [6.45, 7) is 4.07. The van der Waals surface area contributed by atoms with Gasteiger partial charge in [-0.05, 0) is 42.7 Å². The van der Waals surface area contributed by atoms with Gasteiger partial charge >= 0.3 is 0 Å². The van der Waals surface area contributed by atoms with E-state index in [1.165, 1.54) is 11.8 Å². The molecule has 3 rings (SSSR count). The quantitative estimate of drug-likeness (QED) is 0.591. The van der Waals surface area contributed by atoms with E-state index in [-0.39, 0.29) is 11.9 Å². The number of carbonyl (C=O) groups excluding carboxylic acids is 1. The molecule has 0 aliphatic rings. The summed E-state index contributed by atoms with van der Waals surface area (Å²) in [5.74, 6) is 1.15. The third kappa shape index (κ3) is 4.80. The number of amides is 1. The number of hydrogen-bond donors (Lipinski definition) is 1. The first-order valence-electron chi connectivity index (χ1n) is 9.07. The lowest BCUT2D eigenvalue weighted by atomic mass is 10.0. The van der Waals surface area contributed by atoms with Gasteiger partial charge in [-0.1, -0.05) is 49.0 Å². The van der Waals surface area contributed by atoms with Crippen LogP contribution in [0.1, 0.15) is 20.3 Å². The zero-order valence-corrected chi connectivity index (χ0v) is 16.7. The molecule has 0 saturated carbocycles. The van der Waals surface area contributed by atoms with Crippen LogP contribution in [0.3, 0.4) is 0 Å². The summed E-state index contributed by atoms with van der Waals surface area (Å²) in [4.78, 5) is 16.9. The molecular weight excluding hydrogens is 356 g/mol. The molecule has 0 bridgehead atoms. The number of hydrogen-bond acceptors (Lipinski definition) is 4. The summed E-state index contributed by atoms with van der Waals surface area (Å²) in [6.07, 6.45) is 0.919. The fraction of sp³-hybridized carbons (Fsp3) is 0.273. The number of rotatable bonds is 7. The summed E-state index contributed by atoms with van der Waals surface area (Å²) in [6, 6.07) is 18.4. The summed E-state index contributed by atoms with van der Waals surface area (Å²) in [5.41, 5.74) is 3.09. The molecule has 27 heavy (non-hydrogen) atoms. The van der Waals surface area contributed by atoms with E-state index in [9.17, 15) is 4.79 Å². The smallest absolute Gasteiger partial charge is 0.230 e. The number of pyridine rings is 1. The lowest BCUT2D eigenvalue weighted by Gasteiger charge is -2.12. The molecule has 3 aromatic rings. The van der Waals surface area contributed by atoms with Crippen LogP contribution < -0.4 is 10.1 Å². The van der Waals surface area contributed by atoms with Crippen molar-refractivity contribution in [2.24, 2.45) is 0 Å². The Morgan fingerprint density at radius 3 is 2.67 bits per heavy atom. The molecule has 0 radical (unpaired) electrons. The molecule has 1 atom stereocenters. The Bertz CT molecular complexity index is 928. The van der Waals surface area contributed by atoms with Gasteiger partial charge in [0.15, 0.2) is 0 Å². The van der Waals surface area contributed by atoms with E-state index in [4.69, 9.17) is 9.72 Å².